The third-order valence-corrected chi connectivity index (χ3v) is 10.3. The summed E-state index contributed by atoms with van der Waals surface area (Å²) in [5.74, 6) is -1.92. The lowest BCUT2D eigenvalue weighted by molar-refractivity contribution is -0.228. The van der Waals surface area contributed by atoms with E-state index >= 15 is 0 Å². The first-order valence-electron chi connectivity index (χ1n) is 17.9. The summed E-state index contributed by atoms with van der Waals surface area (Å²) in [6.45, 7) is 5.76. The number of hydrogen-bond acceptors (Lipinski definition) is 9. The maximum Gasteiger partial charge on any atom is 0.317 e. The van der Waals surface area contributed by atoms with Gasteiger partial charge in [-0.2, -0.15) is 0 Å². The zero-order valence-electron chi connectivity index (χ0n) is 28.1. The first-order valence-corrected chi connectivity index (χ1v) is 17.9. The number of carbonyl (C=O) groups excluding carboxylic acids is 1. The molecule has 11 nitrogen and oxygen atoms in total. The van der Waals surface area contributed by atoms with Gasteiger partial charge in [-0.25, -0.2) is 4.79 Å². The van der Waals surface area contributed by atoms with Crippen molar-refractivity contribution in [2.75, 3.05) is 32.9 Å². The number of nitrogens with one attached hydrogen (secondary N) is 1. The molecule has 2 aliphatic heterocycles. The molecule has 7 atom stereocenters. The fraction of sp³-hybridized carbons (Fsp3) is 0.722. The van der Waals surface area contributed by atoms with Crippen LogP contribution < -0.4 is 10.1 Å². The quantitative estimate of drug-likeness (QED) is 0.128. The molecule has 0 bridgehead atoms. The van der Waals surface area contributed by atoms with E-state index in [1.807, 2.05) is 13.8 Å². The molecule has 1 saturated carbocycles. The fourth-order valence-corrected chi connectivity index (χ4v) is 8.17. The second-order valence-electron chi connectivity index (χ2n) is 13.6. The van der Waals surface area contributed by atoms with E-state index in [0.29, 0.717) is 50.4 Å². The van der Waals surface area contributed by atoms with Crippen LogP contribution in [0.25, 0.3) is 0 Å². The highest BCUT2D eigenvalue weighted by atomic mass is 16.8. The molecule has 0 spiro atoms. The molecule has 1 aromatic carbocycles. The summed E-state index contributed by atoms with van der Waals surface area (Å²) >= 11 is 0. The standard InChI is InChI=1S/C36H55N3O8/c1-3-16-37-35(43)39(17-4-2)31-23-29(38-47-32-13-7-10-20-45-32)27-21-24(11-5-8-18-40)26(12-6-9-19-41)33-28-22-25(42)14-15-30(28)46-36(31,44)34(27)33/h14-15,21-22,24,26,31-34,40-42,44H,3-13,16-20,23H2,1-2H3,(H,37,43). The molecule has 2 aliphatic carbocycles. The Kier molecular flexibility index (Phi) is 12.4. The number of allylic oxidation sites excluding steroid dienone is 1. The maximum absolute atomic E-state index is 13.8. The minimum atomic E-state index is -1.79. The van der Waals surface area contributed by atoms with Crippen LogP contribution in [0.3, 0.4) is 0 Å². The predicted octanol–water partition coefficient (Wildman–Crippen LogP) is 5.17. The number of phenolic OH excluding ortho intramolecular Hbond substituents is 1. The van der Waals surface area contributed by atoms with Gasteiger partial charge in [-0.1, -0.05) is 37.9 Å². The van der Waals surface area contributed by atoms with Gasteiger partial charge in [0.05, 0.1) is 18.2 Å². The minimum absolute atomic E-state index is 0.0427. The van der Waals surface area contributed by atoms with Crippen molar-refractivity contribution in [3.63, 3.8) is 0 Å². The van der Waals surface area contributed by atoms with Crippen LogP contribution in [-0.2, 0) is 9.57 Å². The Morgan fingerprint density at radius 2 is 1.89 bits per heavy atom. The number of ether oxygens (including phenoxy) is 2. The number of fused-ring (bicyclic) bond motifs is 2. The summed E-state index contributed by atoms with van der Waals surface area (Å²) < 4.78 is 12.5. The van der Waals surface area contributed by atoms with Crippen molar-refractivity contribution in [2.45, 2.75) is 115 Å². The number of carbonyl (C=O) groups is 1. The van der Waals surface area contributed by atoms with E-state index in [2.05, 4.69) is 11.4 Å². The second kappa shape index (κ2) is 16.5. The van der Waals surface area contributed by atoms with Crippen LogP contribution in [-0.4, -0.2) is 88.1 Å². The van der Waals surface area contributed by atoms with Crippen molar-refractivity contribution in [3.8, 4) is 11.5 Å². The number of hydrogen-bond donors (Lipinski definition) is 5. The van der Waals surface area contributed by atoms with Crippen LogP contribution in [0.5, 0.6) is 11.5 Å². The van der Waals surface area contributed by atoms with Gasteiger partial charge in [-0.15, -0.1) is 0 Å². The third kappa shape index (κ3) is 7.74. The Morgan fingerprint density at radius 3 is 2.60 bits per heavy atom. The highest BCUT2D eigenvalue weighted by Gasteiger charge is 2.64. The number of unbranched alkanes of at least 4 members (excludes halogenated alkanes) is 2. The average Bonchev–Trinajstić information content (AvgIpc) is 3.07. The van der Waals surface area contributed by atoms with E-state index in [9.17, 15) is 25.2 Å². The molecule has 5 rings (SSSR count). The van der Waals surface area contributed by atoms with Crippen molar-refractivity contribution in [3.05, 3.63) is 35.4 Å². The van der Waals surface area contributed by atoms with Crippen LogP contribution >= 0.6 is 0 Å². The van der Waals surface area contributed by atoms with Gasteiger partial charge in [0, 0.05) is 50.6 Å². The zero-order valence-corrected chi connectivity index (χ0v) is 28.1. The molecule has 262 valence electrons. The number of phenols is 1. The summed E-state index contributed by atoms with van der Waals surface area (Å²) in [6, 6.07) is 4.00. The monoisotopic (exact) mass is 657 g/mol. The molecule has 1 saturated heterocycles. The molecular weight excluding hydrogens is 602 g/mol. The number of aromatic hydroxyl groups is 1. The molecule has 4 aliphatic rings. The maximum atomic E-state index is 13.8. The van der Waals surface area contributed by atoms with Crippen molar-refractivity contribution in [2.24, 2.45) is 22.9 Å². The molecule has 2 amide bonds. The van der Waals surface area contributed by atoms with Gasteiger partial charge in [0.25, 0.3) is 0 Å². The number of nitrogens with zero attached hydrogens (tertiary/aromatic N) is 2. The van der Waals surface area contributed by atoms with Gasteiger partial charge < -0.3 is 45.0 Å². The lowest BCUT2D eigenvalue weighted by atomic mass is 9.55. The van der Waals surface area contributed by atoms with E-state index in [4.69, 9.17) is 19.5 Å². The van der Waals surface area contributed by atoms with Crippen LogP contribution in [0, 0.1) is 17.8 Å². The van der Waals surface area contributed by atoms with Crippen LogP contribution in [0.2, 0.25) is 0 Å². The van der Waals surface area contributed by atoms with Gasteiger partial charge >= 0.3 is 6.03 Å². The highest BCUT2D eigenvalue weighted by molar-refractivity contribution is 6.03. The van der Waals surface area contributed by atoms with Crippen LogP contribution in [0.1, 0.15) is 102 Å². The molecule has 7 unspecified atom stereocenters. The largest absolute Gasteiger partial charge is 0.508 e. The van der Waals surface area contributed by atoms with E-state index in [1.165, 1.54) is 0 Å². The van der Waals surface area contributed by atoms with Gasteiger partial charge in [0.2, 0.25) is 12.1 Å². The molecule has 0 radical (unpaired) electrons. The average molecular weight is 658 g/mol. The lowest BCUT2D eigenvalue weighted by Gasteiger charge is -2.58. The number of oxime groups is 1. The molecule has 2 heterocycles. The molecule has 0 aromatic heterocycles. The molecule has 2 fully saturated rings. The van der Waals surface area contributed by atoms with Crippen molar-refractivity contribution in [1.82, 2.24) is 10.2 Å². The number of amides is 2. The zero-order chi connectivity index (χ0) is 33.4. The van der Waals surface area contributed by atoms with Crippen molar-refractivity contribution in [1.29, 1.82) is 0 Å². The Bertz CT molecular complexity index is 1250. The third-order valence-electron chi connectivity index (χ3n) is 10.3. The number of urea groups is 1. The predicted molar refractivity (Wildman–Crippen MR) is 178 cm³/mol. The Morgan fingerprint density at radius 1 is 1.11 bits per heavy atom. The molecule has 1 aromatic rings. The first-order chi connectivity index (χ1) is 22.9. The summed E-state index contributed by atoms with van der Waals surface area (Å²) in [5.41, 5.74) is 2.33. The van der Waals surface area contributed by atoms with E-state index in [-0.39, 0.29) is 49.2 Å². The van der Waals surface area contributed by atoms with Crippen molar-refractivity contribution < 1.29 is 39.5 Å². The molecule has 5 N–H and O–H groups in total. The number of aliphatic hydroxyl groups is 3. The van der Waals surface area contributed by atoms with Gasteiger partial charge in [-0.3, -0.25) is 0 Å². The highest BCUT2D eigenvalue weighted by Crippen LogP contribution is 2.60. The number of aliphatic hydroxyl groups excluding tert-OH is 2. The molecule has 47 heavy (non-hydrogen) atoms. The summed E-state index contributed by atoms with van der Waals surface area (Å²) in [5, 5.41) is 50.8. The van der Waals surface area contributed by atoms with Gasteiger partial charge in [-0.05, 0) is 87.0 Å². The van der Waals surface area contributed by atoms with Crippen LogP contribution in [0.4, 0.5) is 4.79 Å². The van der Waals surface area contributed by atoms with Gasteiger partial charge in [0.1, 0.15) is 17.5 Å². The normalized spacial score (nSPS) is 30.5. The first kappa shape index (κ1) is 35.4. The van der Waals surface area contributed by atoms with Crippen LogP contribution in [0.15, 0.2) is 35.0 Å². The Balaban J connectivity index is 1.67. The Labute approximate surface area is 279 Å². The summed E-state index contributed by atoms with van der Waals surface area (Å²) in [6.07, 6.45) is 10.8. The fourth-order valence-electron chi connectivity index (χ4n) is 8.17. The SMILES string of the molecule is CCCNC(=O)N(CCC)C1CC(=NOC2CCCCO2)C2=CC(CCCCO)C(CCCCO)C3c4cc(O)ccc4OC1(O)C23. The van der Waals surface area contributed by atoms with Crippen molar-refractivity contribution >= 4 is 11.7 Å². The van der Waals surface area contributed by atoms with Gasteiger partial charge in [0.15, 0.2) is 0 Å². The summed E-state index contributed by atoms with van der Waals surface area (Å²) in [4.78, 5) is 21.5. The smallest absolute Gasteiger partial charge is 0.317 e. The lowest BCUT2D eigenvalue weighted by Crippen LogP contribution is -2.69. The summed E-state index contributed by atoms with van der Waals surface area (Å²) in [7, 11) is 0. The topological polar surface area (TPSA) is 153 Å². The van der Waals surface area contributed by atoms with E-state index in [1.54, 1.807) is 23.1 Å². The molecular formula is C36H55N3O8. The molecule has 11 heteroatoms. The minimum Gasteiger partial charge on any atom is -0.508 e. The second-order valence-corrected chi connectivity index (χ2v) is 13.6. The van der Waals surface area contributed by atoms with E-state index in [0.717, 1.165) is 62.5 Å². The number of benzene rings is 1. The van der Waals surface area contributed by atoms with E-state index < -0.39 is 24.0 Å². The number of rotatable bonds is 15. The Hall–Kier alpha value is -2.86.